The van der Waals surface area contributed by atoms with Gasteiger partial charge in [0.15, 0.2) is 0 Å². The van der Waals surface area contributed by atoms with Gasteiger partial charge in [-0.25, -0.2) is 0 Å². The van der Waals surface area contributed by atoms with Crippen molar-refractivity contribution in [3.05, 3.63) is 35.9 Å². The van der Waals surface area contributed by atoms with Crippen molar-refractivity contribution in [3.63, 3.8) is 0 Å². The highest BCUT2D eigenvalue weighted by Gasteiger charge is 2.36. The van der Waals surface area contributed by atoms with E-state index in [-0.39, 0.29) is 12.3 Å². The molecular formula is C14H17NO5P-. The molecule has 6 nitrogen and oxygen atoms in total. The van der Waals surface area contributed by atoms with E-state index in [1.807, 2.05) is 0 Å². The Morgan fingerprint density at radius 1 is 1.38 bits per heavy atom. The van der Waals surface area contributed by atoms with E-state index in [0.717, 1.165) is 0 Å². The van der Waals surface area contributed by atoms with Crippen molar-refractivity contribution >= 4 is 19.2 Å². The molecule has 7 heteroatoms. The Hall–Kier alpha value is -1.65. The lowest BCUT2D eigenvalue weighted by atomic mass is 10.1. The van der Waals surface area contributed by atoms with Gasteiger partial charge in [0.05, 0.1) is 17.9 Å². The molecule has 1 aromatic carbocycles. The topological polar surface area (TPSA) is 97.7 Å². The van der Waals surface area contributed by atoms with Crippen molar-refractivity contribution in [2.75, 3.05) is 12.8 Å². The third-order valence-corrected chi connectivity index (χ3v) is 5.69. The molecule has 0 saturated carbocycles. The summed E-state index contributed by atoms with van der Waals surface area (Å²) in [6.07, 6.45) is 0.471. The van der Waals surface area contributed by atoms with Gasteiger partial charge in [-0.15, -0.1) is 0 Å². The predicted molar refractivity (Wildman–Crippen MR) is 74.6 cm³/mol. The number of carboxylic acids is 1. The van der Waals surface area contributed by atoms with Gasteiger partial charge in [-0.3, -0.25) is 9.36 Å². The molecule has 1 aromatic rings. The Bertz CT molecular complexity index is 574. The van der Waals surface area contributed by atoms with E-state index in [9.17, 15) is 24.2 Å². The molecule has 114 valence electrons. The fourth-order valence-electron chi connectivity index (χ4n) is 2.42. The molecule has 1 heterocycles. The Morgan fingerprint density at radius 2 is 2.05 bits per heavy atom. The highest BCUT2D eigenvalue weighted by molar-refractivity contribution is 7.59. The largest absolute Gasteiger partial charge is 0.549 e. The molecule has 0 aliphatic carbocycles. The van der Waals surface area contributed by atoms with Crippen LogP contribution < -0.4 is 5.11 Å². The van der Waals surface area contributed by atoms with Gasteiger partial charge in [-0.2, -0.15) is 0 Å². The van der Waals surface area contributed by atoms with Crippen LogP contribution in [-0.2, 0) is 20.6 Å². The van der Waals surface area contributed by atoms with E-state index in [1.165, 1.54) is 4.90 Å². The zero-order valence-corrected chi connectivity index (χ0v) is 12.4. The van der Waals surface area contributed by atoms with Crippen LogP contribution in [0.25, 0.3) is 0 Å². The molecule has 2 rings (SSSR count). The van der Waals surface area contributed by atoms with E-state index < -0.39 is 25.3 Å². The number of rotatable bonds is 6. The molecule has 1 N–H and O–H groups in total. The fourth-order valence-corrected chi connectivity index (χ4v) is 4.24. The zero-order valence-electron chi connectivity index (χ0n) is 11.5. The third-order valence-electron chi connectivity index (χ3n) is 3.58. The first-order valence-electron chi connectivity index (χ1n) is 6.74. The molecule has 1 unspecified atom stereocenters. The van der Waals surface area contributed by atoms with E-state index in [2.05, 4.69) is 0 Å². The minimum atomic E-state index is -4.07. The lowest BCUT2D eigenvalue weighted by Gasteiger charge is -2.27. The smallest absolute Gasteiger partial charge is 0.228 e. The molecule has 1 aliphatic rings. The standard InChI is InChI=1S/C14H18NO5P/c16-13-7-4-8-15(13)10-21(19,20)12(14(17)18)9-11-5-2-1-3-6-11/h1-3,5-6,12H,4,7-10H2,(H,17,18)(H,19,20)/p-1/t12-/m1/s1. The van der Waals surface area contributed by atoms with E-state index in [4.69, 9.17) is 0 Å². The normalized spacial score (nSPS) is 19.3. The summed E-state index contributed by atoms with van der Waals surface area (Å²) < 4.78 is 12.4. The van der Waals surface area contributed by atoms with Crippen LogP contribution in [-0.4, -0.2) is 40.2 Å². The summed E-state index contributed by atoms with van der Waals surface area (Å²) in [7, 11) is -4.07. The first kappa shape index (κ1) is 15.7. The molecule has 21 heavy (non-hydrogen) atoms. The number of carbonyl (C=O) groups excluding carboxylic acids is 2. The number of nitrogens with zero attached hydrogens (tertiary/aromatic N) is 1. The van der Waals surface area contributed by atoms with E-state index >= 15 is 0 Å². The van der Waals surface area contributed by atoms with Crippen LogP contribution in [0, 0.1) is 0 Å². The van der Waals surface area contributed by atoms with Gasteiger partial charge in [0.2, 0.25) is 13.3 Å². The van der Waals surface area contributed by atoms with E-state index in [0.29, 0.717) is 24.9 Å². The van der Waals surface area contributed by atoms with Gasteiger partial charge in [-0.1, -0.05) is 30.3 Å². The number of hydrogen-bond donors (Lipinski definition) is 1. The summed E-state index contributed by atoms with van der Waals surface area (Å²) >= 11 is 0. The number of amides is 1. The number of carboxylic acid groups (broad SMARTS) is 1. The highest BCUT2D eigenvalue weighted by Crippen LogP contribution is 2.48. The van der Waals surface area contributed by atoms with Crippen molar-refractivity contribution in [1.29, 1.82) is 0 Å². The van der Waals surface area contributed by atoms with Crippen molar-refractivity contribution in [2.45, 2.75) is 24.9 Å². The van der Waals surface area contributed by atoms with Gasteiger partial charge in [-0.05, 0) is 18.4 Å². The van der Waals surface area contributed by atoms with Crippen LogP contribution in [0.3, 0.4) is 0 Å². The van der Waals surface area contributed by atoms with Crippen LogP contribution in [0.4, 0.5) is 0 Å². The molecule has 1 saturated heterocycles. The Kier molecular flexibility index (Phi) is 4.80. The number of benzene rings is 1. The second-order valence-corrected chi connectivity index (χ2v) is 7.60. The van der Waals surface area contributed by atoms with Gasteiger partial charge in [0, 0.05) is 13.0 Å². The number of likely N-dealkylation sites (tertiary alicyclic amines) is 1. The minimum Gasteiger partial charge on any atom is -0.549 e. The zero-order chi connectivity index (χ0) is 15.5. The quantitative estimate of drug-likeness (QED) is 0.757. The second-order valence-electron chi connectivity index (χ2n) is 5.18. The predicted octanol–water partition coefficient (Wildman–Crippen LogP) is 0.198. The molecule has 0 bridgehead atoms. The Morgan fingerprint density at radius 3 is 2.57 bits per heavy atom. The molecule has 1 amide bonds. The molecular weight excluding hydrogens is 293 g/mol. The average molecular weight is 310 g/mol. The average Bonchev–Trinajstić information content (AvgIpc) is 2.81. The van der Waals surface area contributed by atoms with Gasteiger partial charge >= 0.3 is 0 Å². The van der Waals surface area contributed by atoms with E-state index in [1.54, 1.807) is 30.3 Å². The summed E-state index contributed by atoms with van der Waals surface area (Å²) in [5.41, 5.74) is -0.859. The maximum atomic E-state index is 12.4. The van der Waals surface area contributed by atoms with Crippen molar-refractivity contribution in [3.8, 4) is 0 Å². The second kappa shape index (κ2) is 6.41. The third kappa shape index (κ3) is 3.93. The van der Waals surface area contributed by atoms with Crippen LogP contribution in [0.2, 0.25) is 0 Å². The minimum absolute atomic E-state index is 0.0843. The Labute approximate surface area is 122 Å². The first-order chi connectivity index (χ1) is 9.90. The van der Waals surface area contributed by atoms with Gasteiger partial charge < -0.3 is 19.7 Å². The Balaban J connectivity index is 2.14. The van der Waals surface area contributed by atoms with Crippen LogP contribution in [0.1, 0.15) is 18.4 Å². The molecule has 0 spiro atoms. The first-order valence-corrected chi connectivity index (χ1v) is 8.65. The molecule has 0 radical (unpaired) electrons. The summed E-state index contributed by atoms with van der Waals surface area (Å²) in [6, 6.07) is 8.62. The lowest BCUT2D eigenvalue weighted by Crippen LogP contribution is -2.39. The number of carbonyl (C=O) groups is 2. The van der Waals surface area contributed by atoms with Crippen LogP contribution >= 0.6 is 7.37 Å². The maximum absolute atomic E-state index is 12.4. The number of aliphatic carboxylic acids is 1. The molecule has 2 atom stereocenters. The lowest BCUT2D eigenvalue weighted by molar-refractivity contribution is -0.305. The SMILES string of the molecule is O=C([O-])[C@@H](Cc1ccccc1)P(=O)(O)CN1CCCC1=O. The summed E-state index contributed by atoms with van der Waals surface area (Å²) in [4.78, 5) is 34.2. The molecule has 1 fully saturated rings. The highest BCUT2D eigenvalue weighted by atomic mass is 31.2. The van der Waals surface area contributed by atoms with Crippen molar-refractivity contribution < 1.29 is 24.2 Å². The molecule has 1 aliphatic heterocycles. The van der Waals surface area contributed by atoms with Crippen molar-refractivity contribution in [2.24, 2.45) is 0 Å². The van der Waals surface area contributed by atoms with Crippen molar-refractivity contribution in [1.82, 2.24) is 4.90 Å². The fraction of sp³-hybridized carbons (Fsp3) is 0.429. The number of hydrogen-bond acceptors (Lipinski definition) is 4. The summed E-state index contributed by atoms with van der Waals surface area (Å²) in [6.45, 7) is 0.397. The van der Waals surface area contributed by atoms with Crippen LogP contribution in [0.15, 0.2) is 30.3 Å². The maximum Gasteiger partial charge on any atom is 0.228 e. The monoisotopic (exact) mass is 310 g/mol. The summed E-state index contributed by atoms with van der Waals surface area (Å²) in [5, 5.41) is 11.3. The summed E-state index contributed by atoms with van der Waals surface area (Å²) in [5.74, 6) is -1.77. The van der Waals surface area contributed by atoms with Gasteiger partial charge in [0.25, 0.3) is 0 Å². The van der Waals surface area contributed by atoms with Crippen LogP contribution in [0.5, 0.6) is 0 Å². The molecule has 0 aromatic heterocycles. The van der Waals surface area contributed by atoms with Gasteiger partial charge in [0.1, 0.15) is 0 Å².